The Morgan fingerprint density at radius 1 is 1.20 bits per heavy atom. The van der Waals surface area contributed by atoms with Crippen LogP contribution in [0.1, 0.15) is 35.7 Å². The van der Waals surface area contributed by atoms with Crippen molar-refractivity contribution in [3.63, 3.8) is 0 Å². The van der Waals surface area contributed by atoms with Crippen molar-refractivity contribution in [2.24, 2.45) is 5.10 Å². The summed E-state index contributed by atoms with van der Waals surface area (Å²) in [5, 5.41) is 13.5. The smallest absolute Gasteiger partial charge is 0.337 e. The SMILES string of the molecule is CC(=NNc1ccccc1C(=O)O)c1cccc(N2CCCC2=O)c1. The van der Waals surface area contributed by atoms with Crippen molar-refractivity contribution >= 4 is 29.0 Å². The first kappa shape index (κ1) is 16.7. The minimum absolute atomic E-state index is 0.139. The molecule has 0 bridgehead atoms. The van der Waals surface area contributed by atoms with E-state index in [-0.39, 0.29) is 11.5 Å². The van der Waals surface area contributed by atoms with Crippen molar-refractivity contribution in [1.82, 2.24) is 0 Å². The van der Waals surface area contributed by atoms with Crippen LogP contribution in [0.2, 0.25) is 0 Å². The van der Waals surface area contributed by atoms with E-state index in [0.717, 1.165) is 24.2 Å². The summed E-state index contributed by atoms with van der Waals surface area (Å²) in [7, 11) is 0. The zero-order chi connectivity index (χ0) is 17.8. The molecule has 1 saturated heterocycles. The number of amides is 1. The van der Waals surface area contributed by atoms with Crippen molar-refractivity contribution in [3.05, 3.63) is 59.7 Å². The molecule has 1 aliphatic heterocycles. The second-order valence-electron chi connectivity index (χ2n) is 5.86. The van der Waals surface area contributed by atoms with Crippen LogP contribution < -0.4 is 10.3 Å². The van der Waals surface area contributed by atoms with E-state index in [1.165, 1.54) is 6.07 Å². The summed E-state index contributed by atoms with van der Waals surface area (Å²) in [6.45, 7) is 2.57. The summed E-state index contributed by atoms with van der Waals surface area (Å²) >= 11 is 0. The molecule has 1 amide bonds. The molecule has 6 nitrogen and oxygen atoms in total. The molecule has 0 saturated carbocycles. The number of hydrogen-bond acceptors (Lipinski definition) is 4. The van der Waals surface area contributed by atoms with E-state index < -0.39 is 5.97 Å². The number of aromatic carboxylic acids is 1. The fourth-order valence-corrected chi connectivity index (χ4v) is 2.80. The molecular weight excluding hydrogens is 318 g/mol. The minimum atomic E-state index is -1.01. The van der Waals surface area contributed by atoms with E-state index in [1.54, 1.807) is 23.1 Å². The summed E-state index contributed by atoms with van der Waals surface area (Å²) < 4.78 is 0. The number of carboxylic acid groups (broad SMARTS) is 1. The Labute approximate surface area is 145 Å². The summed E-state index contributed by atoms with van der Waals surface area (Å²) in [5.74, 6) is -0.870. The Kier molecular flexibility index (Phi) is 4.79. The van der Waals surface area contributed by atoms with Gasteiger partial charge < -0.3 is 10.0 Å². The van der Waals surface area contributed by atoms with Gasteiger partial charge in [-0.15, -0.1) is 0 Å². The molecule has 1 aliphatic rings. The monoisotopic (exact) mass is 337 g/mol. The third-order valence-corrected chi connectivity index (χ3v) is 4.15. The van der Waals surface area contributed by atoms with Gasteiger partial charge in [0.1, 0.15) is 0 Å². The van der Waals surface area contributed by atoms with Gasteiger partial charge in [-0.1, -0.05) is 24.3 Å². The van der Waals surface area contributed by atoms with Crippen LogP contribution in [0.15, 0.2) is 53.6 Å². The molecule has 0 unspecified atom stereocenters. The van der Waals surface area contributed by atoms with Gasteiger partial charge >= 0.3 is 5.97 Å². The van der Waals surface area contributed by atoms with Crippen molar-refractivity contribution in [1.29, 1.82) is 0 Å². The number of nitrogens with one attached hydrogen (secondary N) is 1. The number of carbonyl (C=O) groups is 2. The zero-order valence-corrected chi connectivity index (χ0v) is 13.9. The maximum atomic E-state index is 11.9. The lowest BCUT2D eigenvalue weighted by Crippen LogP contribution is -2.23. The quantitative estimate of drug-likeness (QED) is 0.647. The van der Waals surface area contributed by atoms with E-state index in [2.05, 4.69) is 10.5 Å². The highest BCUT2D eigenvalue weighted by Gasteiger charge is 2.21. The van der Waals surface area contributed by atoms with Crippen LogP contribution in [-0.4, -0.2) is 29.2 Å². The van der Waals surface area contributed by atoms with Gasteiger partial charge in [0.05, 0.1) is 17.0 Å². The number of hydrazone groups is 1. The number of rotatable bonds is 5. The van der Waals surface area contributed by atoms with Gasteiger partial charge in [-0.3, -0.25) is 10.2 Å². The van der Waals surface area contributed by atoms with Gasteiger partial charge in [0.25, 0.3) is 0 Å². The van der Waals surface area contributed by atoms with Crippen LogP contribution in [0.3, 0.4) is 0 Å². The Balaban J connectivity index is 1.81. The summed E-state index contributed by atoms with van der Waals surface area (Å²) in [5.41, 5.74) is 5.85. The lowest BCUT2D eigenvalue weighted by atomic mass is 10.1. The first-order valence-corrected chi connectivity index (χ1v) is 8.09. The highest BCUT2D eigenvalue weighted by Crippen LogP contribution is 2.23. The zero-order valence-electron chi connectivity index (χ0n) is 13.9. The van der Waals surface area contributed by atoms with Crippen molar-refractivity contribution in [2.75, 3.05) is 16.9 Å². The maximum absolute atomic E-state index is 11.9. The van der Waals surface area contributed by atoms with Gasteiger partial charge in [-0.25, -0.2) is 4.79 Å². The Hall–Kier alpha value is -3.15. The molecule has 2 aromatic rings. The molecule has 1 heterocycles. The number of carboxylic acids is 1. The van der Waals surface area contributed by atoms with Crippen LogP contribution in [0.4, 0.5) is 11.4 Å². The molecule has 0 spiro atoms. The number of carbonyl (C=O) groups excluding carboxylic acids is 1. The fraction of sp³-hybridized carbons (Fsp3) is 0.211. The molecule has 0 aliphatic carbocycles. The van der Waals surface area contributed by atoms with Crippen LogP contribution in [0, 0.1) is 0 Å². The molecule has 128 valence electrons. The molecule has 6 heteroatoms. The predicted octanol–water partition coefficient (Wildman–Crippen LogP) is 3.35. The topological polar surface area (TPSA) is 82.0 Å². The second kappa shape index (κ2) is 7.17. The van der Waals surface area contributed by atoms with Crippen LogP contribution in [0.5, 0.6) is 0 Å². The number of hydrogen-bond donors (Lipinski definition) is 2. The molecule has 0 aromatic heterocycles. The van der Waals surface area contributed by atoms with Gasteiger partial charge in [-0.2, -0.15) is 5.10 Å². The van der Waals surface area contributed by atoms with Crippen molar-refractivity contribution in [3.8, 4) is 0 Å². The van der Waals surface area contributed by atoms with E-state index in [0.29, 0.717) is 17.8 Å². The number of nitrogens with zero attached hydrogens (tertiary/aromatic N) is 2. The maximum Gasteiger partial charge on any atom is 0.337 e. The number of benzene rings is 2. The molecule has 2 N–H and O–H groups in total. The van der Waals surface area contributed by atoms with E-state index >= 15 is 0 Å². The molecule has 0 radical (unpaired) electrons. The molecule has 1 fully saturated rings. The third kappa shape index (κ3) is 3.68. The molecule has 25 heavy (non-hydrogen) atoms. The fourth-order valence-electron chi connectivity index (χ4n) is 2.80. The highest BCUT2D eigenvalue weighted by atomic mass is 16.4. The van der Waals surface area contributed by atoms with Crippen LogP contribution >= 0.6 is 0 Å². The summed E-state index contributed by atoms with van der Waals surface area (Å²) in [6.07, 6.45) is 1.47. The van der Waals surface area contributed by atoms with E-state index in [1.807, 2.05) is 31.2 Å². The van der Waals surface area contributed by atoms with Gasteiger partial charge in [0, 0.05) is 18.7 Å². The normalized spacial score (nSPS) is 14.7. The predicted molar refractivity (Wildman–Crippen MR) is 97.3 cm³/mol. The first-order chi connectivity index (χ1) is 12.1. The van der Waals surface area contributed by atoms with Crippen molar-refractivity contribution < 1.29 is 14.7 Å². The summed E-state index contributed by atoms with van der Waals surface area (Å²) in [4.78, 5) is 24.9. The van der Waals surface area contributed by atoms with Gasteiger partial charge in [0.15, 0.2) is 0 Å². The minimum Gasteiger partial charge on any atom is -0.478 e. The van der Waals surface area contributed by atoms with Crippen molar-refractivity contribution in [2.45, 2.75) is 19.8 Å². The Bertz CT molecular complexity index is 845. The molecule has 0 atom stereocenters. The van der Waals surface area contributed by atoms with E-state index in [4.69, 9.17) is 0 Å². The highest BCUT2D eigenvalue weighted by molar-refractivity contribution is 6.02. The standard InChI is InChI=1S/C19H19N3O3/c1-13(20-21-17-9-3-2-8-16(17)19(24)25)14-6-4-7-15(12-14)22-11-5-10-18(22)23/h2-4,6-9,12,21H,5,10-11H2,1H3,(H,24,25). The largest absolute Gasteiger partial charge is 0.478 e. The van der Waals surface area contributed by atoms with Gasteiger partial charge in [-0.05, 0) is 43.2 Å². The van der Waals surface area contributed by atoms with Crippen LogP contribution in [0.25, 0.3) is 0 Å². The number of para-hydroxylation sites is 1. The number of anilines is 2. The molecule has 3 rings (SSSR count). The Morgan fingerprint density at radius 3 is 2.72 bits per heavy atom. The van der Waals surface area contributed by atoms with E-state index in [9.17, 15) is 14.7 Å². The molecule has 2 aromatic carbocycles. The average molecular weight is 337 g/mol. The third-order valence-electron chi connectivity index (χ3n) is 4.15. The lowest BCUT2D eigenvalue weighted by molar-refractivity contribution is -0.117. The second-order valence-corrected chi connectivity index (χ2v) is 5.86. The van der Waals surface area contributed by atoms with Crippen LogP contribution in [-0.2, 0) is 4.79 Å². The lowest BCUT2D eigenvalue weighted by Gasteiger charge is -2.16. The van der Waals surface area contributed by atoms with Gasteiger partial charge in [0.2, 0.25) is 5.91 Å². The average Bonchev–Trinajstić information content (AvgIpc) is 3.06. The summed E-state index contributed by atoms with van der Waals surface area (Å²) in [6, 6.07) is 14.2. The first-order valence-electron chi connectivity index (χ1n) is 8.09. The molecular formula is C19H19N3O3. The Morgan fingerprint density at radius 2 is 2.00 bits per heavy atom.